The Bertz CT molecular complexity index is 347. The van der Waals surface area contributed by atoms with Crippen LogP contribution in [0.25, 0.3) is 0 Å². The maximum atomic E-state index is 11.9. The predicted molar refractivity (Wildman–Crippen MR) is 63.7 cm³/mol. The van der Waals surface area contributed by atoms with Gasteiger partial charge in [-0.05, 0) is 20.0 Å². The van der Waals surface area contributed by atoms with Gasteiger partial charge >= 0.3 is 0 Å². The van der Waals surface area contributed by atoms with E-state index < -0.39 is 0 Å². The molecule has 0 saturated carbocycles. The van der Waals surface area contributed by atoms with Crippen molar-refractivity contribution in [2.24, 2.45) is 7.05 Å². The summed E-state index contributed by atoms with van der Waals surface area (Å²) in [6.45, 7) is 3.11. The monoisotopic (exact) mass is 224 g/mol. The number of aromatic nitrogens is 1. The van der Waals surface area contributed by atoms with Crippen molar-refractivity contribution in [3.8, 4) is 0 Å². The Hall–Kier alpha value is -1.13. The average Bonchev–Trinajstić information content (AvgIpc) is 2.65. The molecule has 0 aliphatic rings. The molecule has 0 bridgehead atoms. The summed E-state index contributed by atoms with van der Waals surface area (Å²) < 4.78 is 6.94. The fourth-order valence-electron chi connectivity index (χ4n) is 1.51. The maximum Gasteiger partial charge on any atom is 0.178 e. The van der Waals surface area contributed by atoms with Crippen molar-refractivity contribution >= 4 is 5.78 Å². The molecule has 16 heavy (non-hydrogen) atoms. The Labute approximate surface area is 96.8 Å². The summed E-state index contributed by atoms with van der Waals surface area (Å²) in [6, 6.07) is 2.09. The minimum Gasteiger partial charge on any atom is -0.383 e. The quantitative estimate of drug-likeness (QED) is 0.680. The average molecular weight is 224 g/mol. The highest BCUT2D eigenvalue weighted by Gasteiger charge is 2.14. The number of hydrogen-bond donors (Lipinski definition) is 0. The van der Waals surface area contributed by atoms with Gasteiger partial charge in [0, 0.05) is 38.2 Å². The second kappa shape index (κ2) is 5.82. The molecule has 0 aliphatic heterocycles. The molecule has 0 saturated heterocycles. The van der Waals surface area contributed by atoms with Crippen molar-refractivity contribution < 1.29 is 9.53 Å². The van der Waals surface area contributed by atoms with Gasteiger partial charge in [0.2, 0.25) is 0 Å². The first-order chi connectivity index (χ1) is 7.54. The number of carbonyl (C=O) groups excluding carboxylic acids is 1. The van der Waals surface area contributed by atoms with Gasteiger partial charge in [-0.3, -0.25) is 9.69 Å². The molecule has 1 aromatic heterocycles. The number of aryl methyl sites for hydroxylation is 1. The summed E-state index contributed by atoms with van der Waals surface area (Å²) in [5.74, 6) is 0.144. The molecule has 1 atom stereocenters. The largest absolute Gasteiger partial charge is 0.383 e. The Morgan fingerprint density at radius 1 is 1.62 bits per heavy atom. The van der Waals surface area contributed by atoms with Crippen LogP contribution in [0, 0.1) is 0 Å². The number of ether oxygens (including phenoxy) is 1. The Kier molecular flexibility index (Phi) is 4.71. The standard InChI is InChI=1S/C12H20N2O2/c1-10(9-16-4)14(3)8-12(15)11-5-6-13(2)7-11/h5-7,10H,8-9H2,1-4H3. The van der Waals surface area contributed by atoms with E-state index in [0.29, 0.717) is 13.2 Å². The Balaban J connectivity index is 2.51. The molecule has 0 aliphatic carbocycles. The molecule has 1 aromatic rings. The highest BCUT2D eigenvalue weighted by Crippen LogP contribution is 2.04. The smallest absolute Gasteiger partial charge is 0.178 e. The lowest BCUT2D eigenvalue weighted by Gasteiger charge is -2.22. The van der Waals surface area contributed by atoms with E-state index in [1.807, 2.05) is 48.9 Å². The van der Waals surface area contributed by atoms with Crippen LogP contribution in [0.1, 0.15) is 17.3 Å². The van der Waals surface area contributed by atoms with Gasteiger partial charge in [0.05, 0.1) is 13.2 Å². The molecular formula is C12H20N2O2. The van der Waals surface area contributed by atoms with Crippen molar-refractivity contribution in [3.63, 3.8) is 0 Å². The van der Waals surface area contributed by atoms with Crippen molar-refractivity contribution in [2.45, 2.75) is 13.0 Å². The summed E-state index contributed by atoms with van der Waals surface area (Å²) in [7, 11) is 5.52. The molecule has 0 spiro atoms. The summed E-state index contributed by atoms with van der Waals surface area (Å²) in [6.07, 6.45) is 3.73. The number of nitrogens with zero attached hydrogens (tertiary/aromatic N) is 2. The number of methoxy groups -OCH3 is 1. The van der Waals surface area contributed by atoms with E-state index >= 15 is 0 Å². The first kappa shape index (κ1) is 12.9. The minimum absolute atomic E-state index is 0.144. The molecule has 1 unspecified atom stereocenters. The van der Waals surface area contributed by atoms with Crippen molar-refractivity contribution in [3.05, 3.63) is 24.0 Å². The number of ketones is 1. The fourth-order valence-corrected chi connectivity index (χ4v) is 1.51. The lowest BCUT2D eigenvalue weighted by Crippen LogP contribution is -2.36. The van der Waals surface area contributed by atoms with Crippen LogP contribution in [-0.2, 0) is 11.8 Å². The zero-order valence-electron chi connectivity index (χ0n) is 10.4. The lowest BCUT2D eigenvalue weighted by molar-refractivity contribution is 0.0841. The van der Waals surface area contributed by atoms with Crippen molar-refractivity contribution in [1.82, 2.24) is 9.47 Å². The molecule has 0 N–H and O–H groups in total. The van der Waals surface area contributed by atoms with Crippen LogP contribution in [0.3, 0.4) is 0 Å². The van der Waals surface area contributed by atoms with E-state index in [1.165, 1.54) is 0 Å². The molecule has 0 radical (unpaired) electrons. The van der Waals surface area contributed by atoms with Gasteiger partial charge in [-0.2, -0.15) is 0 Å². The fraction of sp³-hybridized carbons (Fsp3) is 0.583. The minimum atomic E-state index is 0.144. The van der Waals surface area contributed by atoms with Crippen LogP contribution >= 0.6 is 0 Å². The van der Waals surface area contributed by atoms with E-state index in [4.69, 9.17) is 4.74 Å². The zero-order valence-corrected chi connectivity index (χ0v) is 10.4. The van der Waals surface area contributed by atoms with Crippen LogP contribution in [-0.4, -0.2) is 48.6 Å². The summed E-state index contributed by atoms with van der Waals surface area (Å²) in [5, 5.41) is 0. The summed E-state index contributed by atoms with van der Waals surface area (Å²) in [5.41, 5.74) is 0.763. The summed E-state index contributed by atoms with van der Waals surface area (Å²) >= 11 is 0. The van der Waals surface area contributed by atoms with Gasteiger partial charge in [-0.15, -0.1) is 0 Å². The highest BCUT2D eigenvalue weighted by atomic mass is 16.5. The summed E-state index contributed by atoms with van der Waals surface area (Å²) in [4.78, 5) is 13.9. The second-order valence-electron chi connectivity index (χ2n) is 4.21. The molecule has 90 valence electrons. The topological polar surface area (TPSA) is 34.5 Å². The van der Waals surface area contributed by atoms with Crippen LogP contribution in [0.4, 0.5) is 0 Å². The lowest BCUT2D eigenvalue weighted by atomic mass is 10.2. The van der Waals surface area contributed by atoms with Gasteiger partial charge < -0.3 is 9.30 Å². The number of rotatable bonds is 6. The van der Waals surface area contributed by atoms with Crippen LogP contribution < -0.4 is 0 Å². The van der Waals surface area contributed by atoms with E-state index in [-0.39, 0.29) is 11.8 Å². The van der Waals surface area contributed by atoms with Gasteiger partial charge in [0.1, 0.15) is 0 Å². The highest BCUT2D eigenvalue weighted by molar-refractivity contribution is 5.97. The molecule has 0 fully saturated rings. The molecule has 1 rings (SSSR count). The molecule has 4 heteroatoms. The SMILES string of the molecule is COCC(C)N(C)CC(=O)c1ccn(C)c1. The van der Waals surface area contributed by atoms with E-state index in [9.17, 15) is 4.79 Å². The van der Waals surface area contributed by atoms with E-state index in [1.54, 1.807) is 7.11 Å². The van der Waals surface area contributed by atoms with Gasteiger partial charge in [-0.25, -0.2) is 0 Å². The molecule has 0 aromatic carbocycles. The predicted octanol–water partition coefficient (Wildman–Crippen LogP) is 1.17. The number of carbonyl (C=O) groups is 1. The van der Waals surface area contributed by atoms with E-state index in [2.05, 4.69) is 0 Å². The van der Waals surface area contributed by atoms with Gasteiger partial charge in [0.15, 0.2) is 5.78 Å². The van der Waals surface area contributed by atoms with Gasteiger partial charge in [0.25, 0.3) is 0 Å². The first-order valence-electron chi connectivity index (χ1n) is 5.39. The third kappa shape index (κ3) is 3.47. The zero-order chi connectivity index (χ0) is 12.1. The molecule has 0 amide bonds. The maximum absolute atomic E-state index is 11.9. The van der Waals surface area contributed by atoms with Crippen molar-refractivity contribution in [1.29, 1.82) is 0 Å². The van der Waals surface area contributed by atoms with Crippen LogP contribution in [0.15, 0.2) is 18.5 Å². The number of Topliss-reactive ketones (excluding diaryl/α,β-unsaturated/α-hetero) is 1. The second-order valence-corrected chi connectivity index (χ2v) is 4.21. The van der Waals surface area contributed by atoms with Crippen molar-refractivity contribution in [2.75, 3.05) is 27.3 Å². The Morgan fingerprint density at radius 3 is 2.81 bits per heavy atom. The molecule has 4 nitrogen and oxygen atoms in total. The molecule has 1 heterocycles. The number of likely N-dealkylation sites (N-methyl/N-ethyl adjacent to an activating group) is 1. The normalized spacial score (nSPS) is 13.1. The first-order valence-corrected chi connectivity index (χ1v) is 5.39. The Morgan fingerprint density at radius 2 is 2.31 bits per heavy atom. The number of hydrogen-bond acceptors (Lipinski definition) is 3. The van der Waals surface area contributed by atoms with Gasteiger partial charge in [-0.1, -0.05) is 0 Å². The third-order valence-corrected chi connectivity index (χ3v) is 2.71. The third-order valence-electron chi connectivity index (χ3n) is 2.71. The van der Waals surface area contributed by atoms with E-state index in [0.717, 1.165) is 5.56 Å². The van der Waals surface area contributed by atoms with Crippen LogP contribution in [0.2, 0.25) is 0 Å². The van der Waals surface area contributed by atoms with Crippen LogP contribution in [0.5, 0.6) is 0 Å². The molecular weight excluding hydrogens is 204 g/mol.